The number of pyridine rings is 1. The normalized spacial score (nSPS) is 19.7. The van der Waals surface area contributed by atoms with E-state index in [1.54, 1.807) is 24.4 Å². The molecule has 37 heavy (non-hydrogen) atoms. The van der Waals surface area contributed by atoms with Crippen LogP contribution in [-0.4, -0.2) is 51.3 Å². The molecule has 3 amide bonds. The Morgan fingerprint density at radius 2 is 1.86 bits per heavy atom. The van der Waals surface area contributed by atoms with Crippen LogP contribution in [0.3, 0.4) is 0 Å². The SMILES string of the molecule is Cc1ccc(NC(=O)c2oc3cccc(C(=O)O)c3c2NC(=O)C2CCC(N3CCCC3=O)CC2)nc1. The van der Waals surface area contributed by atoms with Crippen LogP contribution < -0.4 is 10.6 Å². The number of fused-ring (bicyclic) bond motifs is 1. The summed E-state index contributed by atoms with van der Waals surface area (Å²) in [5.41, 5.74) is 1.04. The first kappa shape index (κ1) is 24.5. The molecule has 2 fully saturated rings. The highest BCUT2D eigenvalue weighted by molar-refractivity contribution is 6.18. The second-order valence-electron chi connectivity index (χ2n) is 9.65. The molecule has 2 aliphatic rings. The van der Waals surface area contributed by atoms with Gasteiger partial charge in [0.15, 0.2) is 0 Å². The third-order valence-corrected chi connectivity index (χ3v) is 7.17. The van der Waals surface area contributed by atoms with Crippen molar-refractivity contribution in [2.75, 3.05) is 17.2 Å². The molecule has 1 aliphatic carbocycles. The molecular formula is C27H28N4O6. The number of furan rings is 1. The molecule has 5 rings (SSSR count). The van der Waals surface area contributed by atoms with Crippen LogP contribution in [-0.2, 0) is 9.59 Å². The third kappa shape index (κ3) is 4.91. The van der Waals surface area contributed by atoms with Gasteiger partial charge in [-0.25, -0.2) is 9.78 Å². The lowest BCUT2D eigenvalue weighted by molar-refractivity contribution is -0.130. The number of carbonyl (C=O) groups excluding carboxylic acids is 3. The molecule has 0 bridgehead atoms. The van der Waals surface area contributed by atoms with Gasteiger partial charge in [-0.1, -0.05) is 12.1 Å². The predicted octanol–water partition coefficient (Wildman–Crippen LogP) is 4.21. The monoisotopic (exact) mass is 504 g/mol. The zero-order chi connectivity index (χ0) is 26.1. The lowest BCUT2D eigenvalue weighted by Gasteiger charge is -2.34. The van der Waals surface area contributed by atoms with Gasteiger partial charge in [0.1, 0.15) is 17.1 Å². The van der Waals surface area contributed by atoms with Crippen LogP contribution in [0.1, 0.15) is 65.0 Å². The summed E-state index contributed by atoms with van der Waals surface area (Å²) in [6.45, 7) is 2.64. The fourth-order valence-corrected chi connectivity index (χ4v) is 5.25. The lowest BCUT2D eigenvalue weighted by Crippen LogP contribution is -2.40. The Bertz CT molecular complexity index is 1370. The number of nitrogens with zero attached hydrogens (tertiary/aromatic N) is 2. The Morgan fingerprint density at radius 3 is 2.51 bits per heavy atom. The maximum atomic E-state index is 13.3. The highest BCUT2D eigenvalue weighted by atomic mass is 16.4. The number of amides is 3. The lowest BCUT2D eigenvalue weighted by atomic mass is 9.84. The molecule has 1 saturated carbocycles. The van der Waals surface area contributed by atoms with Gasteiger partial charge in [0.25, 0.3) is 5.91 Å². The van der Waals surface area contributed by atoms with Crippen molar-refractivity contribution < 1.29 is 28.7 Å². The molecule has 3 aromatic rings. The van der Waals surface area contributed by atoms with Gasteiger partial charge < -0.3 is 25.1 Å². The highest BCUT2D eigenvalue weighted by Crippen LogP contribution is 2.36. The number of anilines is 2. The van der Waals surface area contributed by atoms with E-state index in [1.165, 1.54) is 12.1 Å². The number of rotatable bonds is 6. The first-order valence-electron chi connectivity index (χ1n) is 12.4. The van der Waals surface area contributed by atoms with Gasteiger partial charge in [0.05, 0.1) is 10.9 Å². The molecule has 192 valence electrons. The Labute approximate surface area is 213 Å². The number of nitrogens with one attached hydrogen (secondary N) is 2. The molecule has 3 heterocycles. The molecule has 0 spiro atoms. The van der Waals surface area contributed by atoms with Gasteiger partial charge >= 0.3 is 5.97 Å². The topological polar surface area (TPSA) is 142 Å². The molecule has 3 N–H and O–H groups in total. The largest absolute Gasteiger partial charge is 0.478 e. The number of benzene rings is 1. The van der Waals surface area contributed by atoms with E-state index in [2.05, 4.69) is 15.6 Å². The van der Waals surface area contributed by atoms with Gasteiger partial charge in [-0.15, -0.1) is 0 Å². The molecule has 1 saturated heterocycles. The Morgan fingerprint density at radius 1 is 1.08 bits per heavy atom. The number of likely N-dealkylation sites (tertiary alicyclic amines) is 1. The molecule has 10 nitrogen and oxygen atoms in total. The van der Waals surface area contributed by atoms with Crippen LogP contribution in [0.25, 0.3) is 11.0 Å². The maximum absolute atomic E-state index is 13.3. The first-order chi connectivity index (χ1) is 17.8. The van der Waals surface area contributed by atoms with Crippen molar-refractivity contribution in [3.63, 3.8) is 0 Å². The quantitative estimate of drug-likeness (QED) is 0.456. The van der Waals surface area contributed by atoms with Crippen LogP contribution >= 0.6 is 0 Å². The predicted molar refractivity (Wildman–Crippen MR) is 135 cm³/mol. The van der Waals surface area contributed by atoms with Crippen molar-refractivity contribution in [1.82, 2.24) is 9.88 Å². The maximum Gasteiger partial charge on any atom is 0.336 e. The summed E-state index contributed by atoms with van der Waals surface area (Å²) in [4.78, 5) is 56.6. The average molecular weight is 505 g/mol. The summed E-state index contributed by atoms with van der Waals surface area (Å²) in [5, 5.41) is 15.4. The van der Waals surface area contributed by atoms with Crippen LogP contribution in [0.15, 0.2) is 40.9 Å². The van der Waals surface area contributed by atoms with Gasteiger partial charge in [-0.2, -0.15) is 0 Å². The average Bonchev–Trinajstić information content (AvgIpc) is 3.49. The first-order valence-corrected chi connectivity index (χ1v) is 12.4. The molecule has 0 radical (unpaired) electrons. The number of hydrogen-bond donors (Lipinski definition) is 3. The zero-order valence-corrected chi connectivity index (χ0v) is 20.5. The molecule has 1 aliphatic heterocycles. The minimum Gasteiger partial charge on any atom is -0.478 e. The molecule has 1 aromatic carbocycles. The molecule has 2 aromatic heterocycles. The minimum absolute atomic E-state index is 0.0273. The highest BCUT2D eigenvalue weighted by Gasteiger charge is 2.34. The van der Waals surface area contributed by atoms with E-state index in [-0.39, 0.29) is 51.8 Å². The summed E-state index contributed by atoms with van der Waals surface area (Å²) in [7, 11) is 0. The standard InChI is InChI=1S/C27H28N4O6/c1-15-7-12-20(28-14-15)29-26(34)24-23(22-18(27(35)36)4-2-5-19(22)37-24)30-25(33)16-8-10-17(11-9-16)31-13-3-6-21(31)32/h2,4-5,7,12,14,16-17H,3,6,8-11,13H2,1H3,(H,30,33)(H,35,36)(H,28,29,34). The van der Waals surface area contributed by atoms with Crippen LogP contribution in [0.2, 0.25) is 0 Å². The van der Waals surface area contributed by atoms with Crippen molar-refractivity contribution >= 4 is 46.2 Å². The number of aryl methyl sites for hydroxylation is 1. The van der Waals surface area contributed by atoms with Crippen molar-refractivity contribution in [2.24, 2.45) is 5.92 Å². The van der Waals surface area contributed by atoms with E-state index in [0.29, 0.717) is 25.1 Å². The number of carboxylic acid groups (broad SMARTS) is 1. The third-order valence-electron chi connectivity index (χ3n) is 7.17. The van der Waals surface area contributed by atoms with E-state index >= 15 is 0 Å². The molecule has 10 heteroatoms. The Hall–Kier alpha value is -4.21. The van der Waals surface area contributed by atoms with Crippen molar-refractivity contribution in [2.45, 2.75) is 51.5 Å². The van der Waals surface area contributed by atoms with Gasteiger partial charge in [-0.05, 0) is 62.8 Å². The molecule has 0 atom stereocenters. The van der Waals surface area contributed by atoms with E-state index in [0.717, 1.165) is 31.4 Å². The second-order valence-corrected chi connectivity index (χ2v) is 9.65. The Balaban J connectivity index is 1.40. The Kier molecular flexibility index (Phi) is 6.64. The number of hydrogen-bond acceptors (Lipinski definition) is 6. The molecular weight excluding hydrogens is 476 g/mol. The fourth-order valence-electron chi connectivity index (χ4n) is 5.25. The summed E-state index contributed by atoms with van der Waals surface area (Å²) in [6, 6.07) is 8.05. The van der Waals surface area contributed by atoms with E-state index in [4.69, 9.17) is 4.42 Å². The van der Waals surface area contributed by atoms with E-state index < -0.39 is 11.9 Å². The molecule has 0 unspecified atom stereocenters. The van der Waals surface area contributed by atoms with E-state index in [9.17, 15) is 24.3 Å². The van der Waals surface area contributed by atoms with Crippen molar-refractivity contribution in [3.8, 4) is 0 Å². The van der Waals surface area contributed by atoms with Crippen LogP contribution in [0.5, 0.6) is 0 Å². The fraction of sp³-hybridized carbons (Fsp3) is 0.370. The second kappa shape index (κ2) is 10.0. The smallest absolute Gasteiger partial charge is 0.336 e. The van der Waals surface area contributed by atoms with Crippen LogP contribution in [0.4, 0.5) is 11.5 Å². The number of carboxylic acids is 1. The van der Waals surface area contributed by atoms with Crippen molar-refractivity contribution in [1.29, 1.82) is 0 Å². The van der Waals surface area contributed by atoms with Crippen LogP contribution in [0, 0.1) is 12.8 Å². The van der Waals surface area contributed by atoms with Gasteiger partial charge in [0, 0.05) is 31.1 Å². The van der Waals surface area contributed by atoms with Gasteiger partial charge in [0.2, 0.25) is 17.6 Å². The summed E-state index contributed by atoms with van der Waals surface area (Å²) < 4.78 is 5.77. The zero-order valence-electron chi connectivity index (χ0n) is 20.5. The summed E-state index contributed by atoms with van der Waals surface area (Å²) >= 11 is 0. The van der Waals surface area contributed by atoms with Gasteiger partial charge in [-0.3, -0.25) is 14.4 Å². The number of aromatic nitrogens is 1. The number of aromatic carboxylic acids is 1. The summed E-state index contributed by atoms with van der Waals surface area (Å²) in [5.74, 6) is -2.22. The van der Waals surface area contributed by atoms with Crippen molar-refractivity contribution in [3.05, 3.63) is 53.4 Å². The summed E-state index contributed by atoms with van der Waals surface area (Å²) in [6.07, 6.45) is 5.70. The minimum atomic E-state index is -1.20. The number of carbonyl (C=O) groups is 4. The van der Waals surface area contributed by atoms with E-state index in [1.807, 2.05) is 11.8 Å².